The Balaban J connectivity index is 2.25. The van der Waals surface area contributed by atoms with Gasteiger partial charge in [-0.25, -0.2) is 4.39 Å². The number of nitrogens with two attached hydrogens (primary N) is 1. The van der Waals surface area contributed by atoms with Crippen LogP contribution < -0.4 is 11.1 Å². The summed E-state index contributed by atoms with van der Waals surface area (Å²) in [5.74, 6) is -1.56. The number of nitrogens with one attached hydrogen (secondary N) is 1. The van der Waals surface area contributed by atoms with Gasteiger partial charge in [0.05, 0.1) is 22.2 Å². The van der Waals surface area contributed by atoms with Crippen molar-refractivity contribution in [1.29, 1.82) is 0 Å². The van der Waals surface area contributed by atoms with Crippen molar-refractivity contribution in [3.05, 3.63) is 58.2 Å². The molecule has 0 fully saturated rings. The summed E-state index contributed by atoms with van der Waals surface area (Å²) in [6, 6.07) is 4.35. The van der Waals surface area contributed by atoms with Crippen molar-refractivity contribution in [3.63, 3.8) is 0 Å². The maximum atomic E-state index is 13.6. The summed E-state index contributed by atoms with van der Waals surface area (Å²) in [4.78, 5) is 25.4. The van der Waals surface area contributed by atoms with Crippen molar-refractivity contribution in [2.24, 2.45) is 0 Å². The van der Waals surface area contributed by atoms with Crippen LogP contribution in [0, 0.1) is 15.9 Å². The average Bonchev–Trinajstić information content (AvgIpc) is 2.41. The Hall–Kier alpha value is -3.03. The molecular weight excluding hydrogens is 267 g/mol. The number of anilines is 2. The van der Waals surface area contributed by atoms with Crippen LogP contribution in [0.5, 0.6) is 0 Å². The lowest BCUT2D eigenvalue weighted by Crippen LogP contribution is -2.15. The molecule has 0 aliphatic heterocycles. The normalized spacial score (nSPS) is 10.1. The minimum absolute atomic E-state index is 0.0882. The van der Waals surface area contributed by atoms with Crippen LogP contribution >= 0.6 is 0 Å². The molecule has 0 unspecified atom stereocenters. The summed E-state index contributed by atoms with van der Waals surface area (Å²) in [6.07, 6.45) is 2.66. The van der Waals surface area contributed by atoms with Gasteiger partial charge in [0, 0.05) is 24.1 Å². The van der Waals surface area contributed by atoms with E-state index in [2.05, 4.69) is 10.3 Å². The highest BCUT2D eigenvalue weighted by molar-refractivity contribution is 6.07. The van der Waals surface area contributed by atoms with Crippen molar-refractivity contribution >= 4 is 23.0 Å². The molecule has 102 valence electrons. The Morgan fingerprint density at radius 3 is 2.75 bits per heavy atom. The van der Waals surface area contributed by atoms with Gasteiger partial charge in [0.1, 0.15) is 0 Å². The van der Waals surface area contributed by atoms with E-state index < -0.39 is 22.3 Å². The molecule has 0 saturated heterocycles. The first kappa shape index (κ1) is 13.4. The highest BCUT2D eigenvalue weighted by Crippen LogP contribution is 2.21. The molecule has 0 aliphatic carbocycles. The van der Waals surface area contributed by atoms with Crippen LogP contribution in [0.1, 0.15) is 10.4 Å². The van der Waals surface area contributed by atoms with Gasteiger partial charge >= 0.3 is 0 Å². The number of rotatable bonds is 3. The highest BCUT2D eigenvalue weighted by atomic mass is 19.1. The van der Waals surface area contributed by atoms with Crippen LogP contribution in [0.4, 0.5) is 21.5 Å². The van der Waals surface area contributed by atoms with Gasteiger partial charge in [0.25, 0.3) is 11.6 Å². The lowest BCUT2D eigenvalue weighted by atomic mass is 10.2. The Morgan fingerprint density at radius 2 is 2.15 bits per heavy atom. The first-order valence-corrected chi connectivity index (χ1v) is 5.44. The zero-order chi connectivity index (χ0) is 14.7. The minimum Gasteiger partial charge on any atom is -0.398 e. The topological polar surface area (TPSA) is 111 Å². The quantitative estimate of drug-likeness (QED) is 0.657. The molecule has 0 spiro atoms. The van der Waals surface area contributed by atoms with E-state index in [4.69, 9.17) is 5.73 Å². The number of halogens is 1. The van der Waals surface area contributed by atoms with Crippen molar-refractivity contribution in [2.45, 2.75) is 0 Å². The van der Waals surface area contributed by atoms with Crippen LogP contribution in [0.2, 0.25) is 0 Å². The van der Waals surface area contributed by atoms with Crippen LogP contribution in [0.15, 0.2) is 36.7 Å². The van der Waals surface area contributed by atoms with Crippen LogP contribution in [0.3, 0.4) is 0 Å². The largest absolute Gasteiger partial charge is 0.398 e. The standard InChI is InChI=1S/C12H9FN4O3/c13-9-5-7(17(19)20)1-2-11(9)16-12(18)8-6-15-4-3-10(8)14/h1-6H,(H2,14,15)(H,16,18). The fraction of sp³-hybridized carbons (Fsp3) is 0. The fourth-order valence-corrected chi connectivity index (χ4v) is 1.50. The SMILES string of the molecule is Nc1ccncc1C(=O)Nc1ccc([N+](=O)[O-])cc1F. The summed E-state index contributed by atoms with van der Waals surface area (Å²) in [6.45, 7) is 0. The van der Waals surface area contributed by atoms with E-state index in [9.17, 15) is 19.3 Å². The Morgan fingerprint density at radius 1 is 1.40 bits per heavy atom. The molecule has 1 amide bonds. The average molecular weight is 276 g/mol. The van der Waals surface area contributed by atoms with E-state index >= 15 is 0 Å². The molecule has 2 aromatic rings. The molecule has 2 rings (SSSR count). The first-order valence-electron chi connectivity index (χ1n) is 5.44. The predicted molar refractivity (Wildman–Crippen MR) is 69.7 cm³/mol. The second-order valence-electron chi connectivity index (χ2n) is 3.84. The zero-order valence-corrected chi connectivity index (χ0v) is 10.0. The number of amides is 1. The smallest absolute Gasteiger partial charge is 0.272 e. The number of hydrogen-bond donors (Lipinski definition) is 2. The molecule has 8 heteroatoms. The summed E-state index contributed by atoms with van der Waals surface area (Å²) in [5.41, 5.74) is 5.30. The molecule has 20 heavy (non-hydrogen) atoms. The molecule has 0 aliphatic rings. The summed E-state index contributed by atoms with van der Waals surface area (Å²) < 4.78 is 13.6. The molecular formula is C12H9FN4O3. The van der Waals surface area contributed by atoms with E-state index in [0.717, 1.165) is 18.2 Å². The van der Waals surface area contributed by atoms with Gasteiger partial charge in [-0.1, -0.05) is 0 Å². The number of pyridine rings is 1. The molecule has 1 aromatic heterocycles. The number of non-ortho nitro benzene ring substituents is 1. The summed E-state index contributed by atoms with van der Waals surface area (Å²) in [7, 11) is 0. The second kappa shape index (κ2) is 5.31. The van der Waals surface area contributed by atoms with Gasteiger partial charge < -0.3 is 11.1 Å². The van der Waals surface area contributed by atoms with Gasteiger partial charge in [0.2, 0.25) is 0 Å². The third-order valence-corrected chi connectivity index (χ3v) is 2.51. The molecule has 7 nitrogen and oxygen atoms in total. The Labute approximate surface area is 112 Å². The molecule has 1 aromatic carbocycles. The highest BCUT2D eigenvalue weighted by Gasteiger charge is 2.15. The number of hydrogen-bond acceptors (Lipinski definition) is 5. The van der Waals surface area contributed by atoms with Crippen molar-refractivity contribution in [2.75, 3.05) is 11.1 Å². The third-order valence-electron chi connectivity index (χ3n) is 2.51. The van der Waals surface area contributed by atoms with Crippen LogP contribution in [-0.2, 0) is 0 Å². The third kappa shape index (κ3) is 2.69. The van der Waals surface area contributed by atoms with Crippen molar-refractivity contribution in [1.82, 2.24) is 4.98 Å². The van der Waals surface area contributed by atoms with Crippen LogP contribution in [-0.4, -0.2) is 15.8 Å². The number of nitro benzene ring substituents is 1. The molecule has 0 atom stereocenters. The monoisotopic (exact) mass is 276 g/mol. The van der Waals surface area contributed by atoms with Crippen LogP contribution in [0.25, 0.3) is 0 Å². The van der Waals surface area contributed by atoms with Gasteiger partial charge in [-0.3, -0.25) is 19.9 Å². The van der Waals surface area contributed by atoms with Crippen molar-refractivity contribution in [3.8, 4) is 0 Å². The Kier molecular flexibility index (Phi) is 3.56. The maximum absolute atomic E-state index is 13.6. The van der Waals surface area contributed by atoms with E-state index in [1.807, 2.05) is 0 Å². The molecule has 1 heterocycles. The number of aromatic nitrogens is 1. The maximum Gasteiger partial charge on any atom is 0.272 e. The lowest BCUT2D eigenvalue weighted by molar-refractivity contribution is -0.385. The number of carbonyl (C=O) groups is 1. The van der Waals surface area contributed by atoms with Crippen molar-refractivity contribution < 1.29 is 14.1 Å². The van der Waals surface area contributed by atoms with Gasteiger partial charge in [-0.05, 0) is 12.1 Å². The number of nitrogen functional groups attached to an aromatic ring is 1. The first-order chi connectivity index (χ1) is 9.49. The fourth-order valence-electron chi connectivity index (χ4n) is 1.50. The molecule has 0 saturated carbocycles. The number of nitro groups is 1. The predicted octanol–water partition coefficient (Wildman–Crippen LogP) is 1.96. The Bertz CT molecular complexity index is 690. The van der Waals surface area contributed by atoms with Gasteiger partial charge in [-0.15, -0.1) is 0 Å². The molecule has 3 N–H and O–H groups in total. The number of carbonyl (C=O) groups excluding carboxylic acids is 1. The van der Waals surface area contributed by atoms with E-state index in [0.29, 0.717) is 0 Å². The zero-order valence-electron chi connectivity index (χ0n) is 10.0. The van der Waals surface area contributed by atoms with E-state index in [1.54, 1.807) is 0 Å². The number of benzene rings is 1. The summed E-state index contributed by atoms with van der Waals surface area (Å²) in [5, 5.41) is 12.8. The lowest BCUT2D eigenvalue weighted by Gasteiger charge is -2.07. The van der Waals surface area contributed by atoms with Gasteiger partial charge in [0.15, 0.2) is 5.82 Å². The number of nitrogens with zero attached hydrogens (tertiary/aromatic N) is 2. The summed E-state index contributed by atoms with van der Waals surface area (Å²) >= 11 is 0. The minimum atomic E-state index is -0.907. The van der Waals surface area contributed by atoms with E-state index in [1.165, 1.54) is 18.5 Å². The molecule has 0 radical (unpaired) electrons. The van der Waals surface area contributed by atoms with Gasteiger partial charge in [-0.2, -0.15) is 0 Å². The second-order valence-corrected chi connectivity index (χ2v) is 3.84. The molecule has 0 bridgehead atoms. The van der Waals surface area contributed by atoms with E-state index in [-0.39, 0.29) is 16.9 Å².